The summed E-state index contributed by atoms with van der Waals surface area (Å²) in [6, 6.07) is 3.26. The highest BCUT2D eigenvalue weighted by atomic mass is 32.2. The van der Waals surface area contributed by atoms with Crippen LogP contribution in [0, 0.1) is 6.92 Å². The highest BCUT2D eigenvalue weighted by Gasteiger charge is 2.27. The Morgan fingerprint density at radius 3 is 2.93 bits per heavy atom. The summed E-state index contributed by atoms with van der Waals surface area (Å²) in [6.45, 7) is 4.90. The molecule has 10 heteroatoms. The minimum absolute atomic E-state index is 0.164. The topological polar surface area (TPSA) is 105 Å². The van der Waals surface area contributed by atoms with Crippen molar-refractivity contribution in [3.63, 3.8) is 0 Å². The Morgan fingerprint density at radius 1 is 1.40 bits per heavy atom. The second-order valence-electron chi connectivity index (χ2n) is 7.12. The minimum Gasteiger partial charge on any atom is -0.361 e. The van der Waals surface area contributed by atoms with Gasteiger partial charge in [0.15, 0.2) is 5.69 Å². The number of aryl methyl sites for hydroxylation is 2. The lowest BCUT2D eigenvalue weighted by atomic mass is 9.95. The first kappa shape index (κ1) is 20.7. The Hall–Kier alpha value is -2.56. The first-order chi connectivity index (χ1) is 14.4. The summed E-state index contributed by atoms with van der Waals surface area (Å²) >= 11 is 1.34. The molecule has 158 valence electrons. The average Bonchev–Trinajstić information content (AvgIpc) is 3.44. The van der Waals surface area contributed by atoms with Crippen LogP contribution in [0.1, 0.15) is 45.6 Å². The predicted molar refractivity (Wildman–Crippen MR) is 112 cm³/mol. The third-order valence-corrected chi connectivity index (χ3v) is 7.49. The minimum atomic E-state index is -3.57. The zero-order valence-electron chi connectivity index (χ0n) is 16.7. The van der Waals surface area contributed by atoms with E-state index in [0.29, 0.717) is 37.4 Å². The molecule has 0 bridgehead atoms. The van der Waals surface area contributed by atoms with E-state index in [9.17, 15) is 13.2 Å². The number of hydrogen-bond acceptors (Lipinski definition) is 7. The van der Waals surface area contributed by atoms with Gasteiger partial charge in [-0.2, -0.15) is 11.3 Å². The van der Waals surface area contributed by atoms with Crippen molar-refractivity contribution < 1.29 is 17.7 Å². The van der Waals surface area contributed by atoms with Gasteiger partial charge >= 0.3 is 0 Å². The Balaban J connectivity index is 1.53. The number of carbonyl (C=O) groups is 1. The lowest BCUT2D eigenvalue weighted by molar-refractivity contribution is 0.0723. The maximum Gasteiger partial charge on any atom is 0.276 e. The Bertz CT molecular complexity index is 1170. The van der Waals surface area contributed by atoms with Gasteiger partial charge < -0.3 is 9.42 Å². The molecule has 0 saturated carbocycles. The number of fused-ring (bicyclic) bond motifs is 1. The SMILES string of the molecule is CCc1cc(C(=O)N2CCc3c(cnc(C)c3CNS(=O)(=O)c3ccsc3)C2)no1. The molecular weight excluding hydrogens is 424 g/mol. The summed E-state index contributed by atoms with van der Waals surface area (Å²) in [6.07, 6.45) is 3.07. The van der Waals surface area contributed by atoms with Crippen molar-refractivity contribution >= 4 is 27.3 Å². The molecule has 0 radical (unpaired) electrons. The van der Waals surface area contributed by atoms with Crippen LogP contribution in [0.25, 0.3) is 0 Å². The molecule has 0 aliphatic carbocycles. The van der Waals surface area contributed by atoms with Crippen LogP contribution in [-0.4, -0.2) is 35.9 Å². The molecule has 1 amide bonds. The number of rotatable bonds is 6. The van der Waals surface area contributed by atoms with Crippen molar-refractivity contribution in [3.05, 3.63) is 62.9 Å². The lowest BCUT2D eigenvalue weighted by Gasteiger charge is -2.30. The van der Waals surface area contributed by atoms with Gasteiger partial charge in [-0.05, 0) is 41.5 Å². The van der Waals surface area contributed by atoms with E-state index in [4.69, 9.17) is 4.52 Å². The van der Waals surface area contributed by atoms with Crippen LogP contribution in [0.2, 0.25) is 0 Å². The number of hydrogen-bond donors (Lipinski definition) is 1. The van der Waals surface area contributed by atoms with Crippen molar-refractivity contribution in [2.24, 2.45) is 0 Å². The van der Waals surface area contributed by atoms with E-state index in [2.05, 4.69) is 14.9 Å². The third-order valence-electron chi connectivity index (χ3n) is 5.25. The summed E-state index contributed by atoms with van der Waals surface area (Å²) in [7, 11) is -3.57. The van der Waals surface area contributed by atoms with Crippen molar-refractivity contribution in [3.8, 4) is 0 Å². The third kappa shape index (κ3) is 4.03. The molecule has 1 N–H and O–H groups in total. The molecule has 0 atom stereocenters. The van der Waals surface area contributed by atoms with Crippen molar-refractivity contribution in [1.29, 1.82) is 0 Å². The fraction of sp³-hybridized carbons (Fsp3) is 0.350. The number of aromatic nitrogens is 2. The number of pyridine rings is 1. The van der Waals surface area contributed by atoms with E-state index < -0.39 is 10.0 Å². The van der Waals surface area contributed by atoms with Crippen LogP contribution in [0.4, 0.5) is 0 Å². The number of nitrogens with one attached hydrogen (secondary N) is 1. The Labute approximate surface area is 179 Å². The fourth-order valence-corrected chi connectivity index (χ4v) is 5.55. The average molecular weight is 447 g/mol. The molecule has 30 heavy (non-hydrogen) atoms. The first-order valence-electron chi connectivity index (χ1n) is 9.62. The molecule has 0 saturated heterocycles. The molecule has 0 aromatic carbocycles. The van der Waals surface area contributed by atoms with Gasteiger partial charge in [0.2, 0.25) is 10.0 Å². The van der Waals surface area contributed by atoms with E-state index in [-0.39, 0.29) is 17.3 Å². The summed E-state index contributed by atoms with van der Waals surface area (Å²) < 4.78 is 32.8. The van der Waals surface area contributed by atoms with E-state index >= 15 is 0 Å². The van der Waals surface area contributed by atoms with Crippen LogP contribution in [-0.2, 0) is 36.0 Å². The van der Waals surface area contributed by atoms with E-state index in [0.717, 1.165) is 22.4 Å². The Morgan fingerprint density at radius 2 is 2.23 bits per heavy atom. The molecule has 4 heterocycles. The molecule has 0 spiro atoms. The number of sulfonamides is 1. The highest BCUT2D eigenvalue weighted by Crippen LogP contribution is 2.25. The van der Waals surface area contributed by atoms with Gasteiger partial charge in [0.05, 0.1) is 4.90 Å². The van der Waals surface area contributed by atoms with Crippen molar-refractivity contribution in [2.45, 2.75) is 44.7 Å². The predicted octanol–water partition coefficient (Wildman–Crippen LogP) is 2.68. The van der Waals surface area contributed by atoms with Crippen LogP contribution in [0.3, 0.4) is 0 Å². The molecule has 3 aromatic rings. The number of nitrogens with zero attached hydrogens (tertiary/aromatic N) is 3. The number of thiophene rings is 1. The van der Waals surface area contributed by atoms with Crippen LogP contribution in [0.15, 0.2) is 38.5 Å². The highest BCUT2D eigenvalue weighted by molar-refractivity contribution is 7.89. The molecule has 0 unspecified atom stereocenters. The van der Waals surface area contributed by atoms with Gasteiger partial charge in [-0.1, -0.05) is 12.1 Å². The van der Waals surface area contributed by atoms with E-state index in [1.54, 1.807) is 34.0 Å². The lowest BCUT2D eigenvalue weighted by Crippen LogP contribution is -2.37. The van der Waals surface area contributed by atoms with Crippen molar-refractivity contribution in [1.82, 2.24) is 19.8 Å². The van der Waals surface area contributed by atoms with Crippen LogP contribution >= 0.6 is 11.3 Å². The normalized spacial score (nSPS) is 14.0. The van der Waals surface area contributed by atoms with Crippen LogP contribution < -0.4 is 4.72 Å². The summed E-state index contributed by atoms with van der Waals surface area (Å²) in [5.74, 6) is 0.498. The van der Waals surface area contributed by atoms with E-state index in [1.807, 2.05) is 13.8 Å². The van der Waals surface area contributed by atoms with Gasteiger partial charge in [-0.3, -0.25) is 9.78 Å². The molecule has 1 aliphatic rings. The molecule has 4 rings (SSSR count). The molecular formula is C20H22N4O4S2. The maximum atomic E-state index is 12.8. The summed E-state index contributed by atoms with van der Waals surface area (Å²) in [5.41, 5.74) is 3.93. The largest absolute Gasteiger partial charge is 0.361 e. The molecule has 3 aromatic heterocycles. The Kier molecular flexibility index (Phi) is 5.72. The second-order valence-corrected chi connectivity index (χ2v) is 9.67. The monoisotopic (exact) mass is 446 g/mol. The fourth-order valence-electron chi connectivity index (χ4n) is 3.53. The van der Waals surface area contributed by atoms with Gasteiger partial charge in [0.25, 0.3) is 5.91 Å². The van der Waals surface area contributed by atoms with Gasteiger partial charge in [0, 0.05) is 49.4 Å². The summed E-state index contributed by atoms with van der Waals surface area (Å²) in [5, 5.41) is 7.21. The van der Waals surface area contributed by atoms with Gasteiger partial charge in [-0.25, -0.2) is 13.1 Å². The zero-order chi connectivity index (χ0) is 21.3. The van der Waals surface area contributed by atoms with E-state index in [1.165, 1.54) is 11.3 Å². The van der Waals surface area contributed by atoms with Crippen molar-refractivity contribution in [2.75, 3.05) is 6.54 Å². The van der Waals surface area contributed by atoms with Gasteiger partial charge in [0.1, 0.15) is 5.76 Å². The maximum absolute atomic E-state index is 12.8. The number of amides is 1. The van der Waals surface area contributed by atoms with Gasteiger partial charge in [-0.15, -0.1) is 0 Å². The standard InChI is InChI=1S/C20H22N4O4S2/c1-3-15-8-19(23-28-15)20(25)24-6-4-17-14(11-24)9-21-13(2)18(17)10-22-30(26,27)16-5-7-29-12-16/h5,7-9,12,22H,3-4,6,10-11H2,1-2H3. The molecule has 8 nitrogen and oxygen atoms in total. The molecule has 0 fully saturated rings. The second kappa shape index (κ2) is 8.29. The zero-order valence-corrected chi connectivity index (χ0v) is 18.3. The summed E-state index contributed by atoms with van der Waals surface area (Å²) in [4.78, 5) is 19.2. The van der Waals surface area contributed by atoms with Crippen LogP contribution in [0.5, 0.6) is 0 Å². The number of carbonyl (C=O) groups excluding carboxylic acids is 1. The quantitative estimate of drug-likeness (QED) is 0.624. The first-order valence-corrected chi connectivity index (χ1v) is 12.0. The molecule has 1 aliphatic heterocycles. The smallest absolute Gasteiger partial charge is 0.276 e.